The van der Waals surface area contributed by atoms with Crippen molar-refractivity contribution in [2.45, 2.75) is 12.2 Å². The third-order valence-corrected chi connectivity index (χ3v) is 7.40. The molecule has 8 nitrogen and oxygen atoms in total. The summed E-state index contributed by atoms with van der Waals surface area (Å²) in [5, 5.41) is 5.25. The number of hydrogen-bond acceptors (Lipinski definition) is 7. The van der Waals surface area contributed by atoms with Crippen molar-refractivity contribution in [1.82, 2.24) is 0 Å². The molecular weight excluding hydrogens is 536 g/mol. The summed E-state index contributed by atoms with van der Waals surface area (Å²) < 4.78 is 11.1. The summed E-state index contributed by atoms with van der Waals surface area (Å²) in [5.41, 5.74) is 9.58. The van der Waals surface area contributed by atoms with E-state index in [2.05, 4.69) is 15.6 Å². The number of anilines is 2. The molecule has 9 heteroatoms. The zero-order valence-corrected chi connectivity index (χ0v) is 23.3. The summed E-state index contributed by atoms with van der Waals surface area (Å²) in [6.07, 6.45) is 0. The van der Waals surface area contributed by atoms with E-state index in [0.717, 1.165) is 17.3 Å². The smallest absolute Gasteiger partial charge is 0.260 e. The molecule has 0 spiro atoms. The molecule has 0 saturated heterocycles. The van der Waals surface area contributed by atoms with Crippen LogP contribution in [0.2, 0.25) is 0 Å². The number of carbonyl (C=O) groups is 2. The van der Waals surface area contributed by atoms with Crippen molar-refractivity contribution < 1.29 is 19.1 Å². The second-order valence-corrected chi connectivity index (χ2v) is 10.3. The number of para-hydroxylation sites is 1. The Bertz CT molecular complexity index is 1620. The maximum Gasteiger partial charge on any atom is 0.260 e. The predicted octanol–water partition coefficient (Wildman–Crippen LogP) is 6.43. The van der Waals surface area contributed by atoms with Gasteiger partial charge in [0.25, 0.3) is 5.91 Å². The van der Waals surface area contributed by atoms with Gasteiger partial charge in [0.1, 0.15) is 27.5 Å². The fourth-order valence-electron chi connectivity index (χ4n) is 4.06. The number of nitrogens with zero attached hydrogens (tertiary/aromatic N) is 1. The highest BCUT2D eigenvalue weighted by molar-refractivity contribution is 8.16. The van der Waals surface area contributed by atoms with Gasteiger partial charge in [-0.2, -0.15) is 0 Å². The molecule has 1 heterocycles. The van der Waals surface area contributed by atoms with E-state index in [1.807, 2.05) is 61.5 Å². The topological polar surface area (TPSA) is 115 Å². The Labute approximate surface area is 242 Å². The number of aliphatic imine (C=N–C) groups is 1. The summed E-state index contributed by atoms with van der Waals surface area (Å²) in [4.78, 5) is 31.5. The van der Waals surface area contributed by atoms with Gasteiger partial charge in [-0.25, -0.2) is 4.99 Å². The van der Waals surface area contributed by atoms with Crippen molar-refractivity contribution in [3.8, 4) is 17.2 Å². The predicted molar refractivity (Wildman–Crippen MR) is 164 cm³/mol. The molecule has 2 amide bonds. The number of aryl methyl sites for hydroxylation is 1. The van der Waals surface area contributed by atoms with Gasteiger partial charge in [0.15, 0.2) is 0 Å². The number of thioether (sulfide) groups is 1. The van der Waals surface area contributed by atoms with Gasteiger partial charge in [-0.05, 0) is 67.6 Å². The van der Waals surface area contributed by atoms with Crippen LogP contribution in [0.4, 0.5) is 17.1 Å². The molecular formula is C32H28N4O4S. The van der Waals surface area contributed by atoms with E-state index in [1.54, 1.807) is 55.6 Å². The Morgan fingerprint density at radius 2 is 1.49 bits per heavy atom. The monoisotopic (exact) mass is 564 g/mol. The zero-order chi connectivity index (χ0) is 28.8. The molecule has 0 saturated carbocycles. The van der Waals surface area contributed by atoms with Gasteiger partial charge in [0, 0.05) is 23.1 Å². The van der Waals surface area contributed by atoms with Crippen LogP contribution >= 0.6 is 11.8 Å². The van der Waals surface area contributed by atoms with Crippen molar-refractivity contribution in [2.75, 3.05) is 17.7 Å². The van der Waals surface area contributed by atoms with E-state index in [9.17, 15) is 9.59 Å². The zero-order valence-electron chi connectivity index (χ0n) is 22.5. The minimum Gasteiger partial charge on any atom is -0.497 e. The van der Waals surface area contributed by atoms with Crippen LogP contribution in [0.3, 0.4) is 0 Å². The summed E-state index contributed by atoms with van der Waals surface area (Å²) in [6, 6.07) is 31.0. The molecule has 1 atom stereocenters. The maximum atomic E-state index is 13.5. The van der Waals surface area contributed by atoms with Crippen molar-refractivity contribution in [3.63, 3.8) is 0 Å². The number of carbonyl (C=O) groups excluding carboxylic acids is 2. The highest BCUT2D eigenvalue weighted by Crippen LogP contribution is 2.36. The molecule has 0 aromatic heterocycles. The molecule has 0 aliphatic carbocycles. The van der Waals surface area contributed by atoms with Crippen molar-refractivity contribution in [3.05, 3.63) is 120 Å². The van der Waals surface area contributed by atoms with Gasteiger partial charge >= 0.3 is 0 Å². The third-order valence-electron chi connectivity index (χ3n) is 6.17. The molecule has 4 N–H and O–H groups in total. The number of rotatable bonds is 8. The molecule has 0 unspecified atom stereocenters. The van der Waals surface area contributed by atoms with E-state index in [1.165, 1.54) is 0 Å². The molecule has 0 bridgehead atoms. The van der Waals surface area contributed by atoms with E-state index in [0.29, 0.717) is 39.4 Å². The minimum atomic E-state index is -0.856. The van der Waals surface area contributed by atoms with Gasteiger partial charge in [-0.1, -0.05) is 53.7 Å². The van der Waals surface area contributed by atoms with Crippen molar-refractivity contribution in [1.29, 1.82) is 0 Å². The molecule has 4 aromatic carbocycles. The average molecular weight is 565 g/mol. The van der Waals surface area contributed by atoms with Crippen LogP contribution in [0.5, 0.6) is 17.2 Å². The van der Waals surface area contributed by atoms with Crippen LogP contribution in [0.15, 0.2) is 119 Å². The van der Waals surface area contributed by atoms with Gasteiger partial charge in [0.05, 0.1) is 18.4 Å². The fraction of sp³-hybridized carbons (Fsp3) is 0.0938. The molecule has 1 aliphatic heterocycles. The molecule has 4 aromatic rings. The summed E-state index contributed by atoms with van der Waals surface area (Å²) >= 11 is 1.13. The molecule has 0 fully saturated rings. The first kappa shape index (κ1) is 27.5. The highest BCUT2D eigenvalue weighted by atomic mass is 32.2. The molecule has 5 rings (SSSR count). The Morgan fingerprint density at radius 3 is 2.20 bits per heavy atom. The maximum absolute atomic E-state index is 13.5. The van der Waals surface area contributed by atoms with Crippen LogP contribution in [0.25, 0.3) is 0 Å². The SMILES string of the molecule is COc1cccc(NC(=O)C2=C(N)[C@H](C(=O)Nc3ccc(Oc4ccccc4)cc3)SC2=Nc2ccc(C)cc2)c1. The summed E-state index contributed by atoms with van der Waals surface area (Å²) in [6.45, 7) is 1.98. The number of nitrogens with one attached hydrogen (secondary N) is 2. The first-order valence-corrected chi connectivity index (χ1v) is 13.7. The number of hydrogen-bond donors (Lipinski definition) is 3. The lowest BCUT2D eigenvalue weighted by molar-refractivity contribution is -0.115. The van der Waals surface area contributed by atoms with E-state index < -0.39 is 11.2 Å². The van der Waals surface area contributed by atoms with Gasteiger partial charge in [-0.15, -0.1) is 0 Å². The third kappa shape index (κ3) is 6.77. The van der Waals surface area contributed by atoms with E-state index >= 15 is 0 Å². The normalized spacial score (nSPS) is 15.5. The van der Waals surface area contributed by atoms with Crippen LogP contribution in [0, 0.1) is 6.92 Å². The van der Waals surface area contributed by atoms with Crippen LogP contribution in [0.1, 0.15) is 5.56 Å². The standard InChI is InChI=1S/C32H28N4O4S/c1-20-11-13-22(14-12-20)36-32-27(30(37)35-23-7-6-10-26(19-23)39-2)28(33)29(41-32)31(38)34-21-15-17-25(18-16-21)40-24-8-4-3-5-9-24/h3-19,29H,33H2,1-2H3,(H,34,38)(H,35,37)/t29-/m1/s1. The largest absolute Gasteiger partial charge is 0.497 e. The Balaban J connectivity index is 1.37. The number of ether oxygens (including phenoxy) is 2. The molecule has 0 radical (unpaired) electrons. The Morgan fingerprint density at radius 1 is 0.805 bits per heavy atom. The summed E-state index contributed by atoms with van der Waals surface area (Å²) in [5.74, 6) is 1.10. The molecule has 1 aliphatic rings. The number of benzene rings is 4. The summed E-state index contributed by atoms with van der Waals surface area (Å²) in [7, 11) is 1.55. The van der Waals surface area contributed by atoms with Gasteiger partial charge in [0.2, 0.25) is 5.91 Å². The Kier molecular flexibility index (Phi) is 8.36. The van der Waals surface area contributed by atoms with Gasteiger partial charge in [-0.3, -0.25) is 9.59 Å². The highest BCUT2D eigenvalue weighted by Gasteiger charge is 2.38. The average Bonchev–Trinajstić information content (AvgIpc) is 3.31. The lowest BCUT2D eigenvalue weighted by Crippen LogP contribution is -2.29. The second kappa shape index (κ2) is 12.4. The number of nitrogens with two attached hydrogens (primary N) is 1. The number of methoxy groups -OCH3 is 1. The lowest BCUT2D eigenvalue weighted by Gasteiger charge is -2.12. The lowest BCUT2D eigenvalue weighted by atomic mass is 10.1. The molecule has 41 heavy (non-hydrogen) atoms. The first-order valence-electron chi connectivity index (χ1n) is 12.8. The first-order chi connectivity index (χ1) is 19.9. The van der Waals surface area contributed by atoms with Crippen LogP contribution < -0.4 is 25.8 Å². The minimum absolute atomic E-state index is 0.128. The van der Waals surface area contributed by atoms with Gasteiger partial charge < -0.3 is 25.8 Å². The quantitative estimate of drug-likeness (QED) is 0.227. The number of amides is 2. The van der Waals surface area contributed by atoms with Crippen LogP contribution in [-0.4, -0.2) is 29.2 Å². The molecule has 206 valence electrons. The Hall–Kier alpha value is -5.02. The van der Waals surface area contributed by atoms with E-state index in [4.69, 9.17) is 15.2 Å². The van der Waals surface area contributed by atoms with Crippen molar-refractivity contribution in [2.24, 2.45) is 10.7 Å². The van der Waals surface area contributed by atoms with E-state index in [-0.39, 0.29) is 17.2 Å². The van der Waals surface area contributed by atoms with Crippen LogP contribution in [-0.2, 0) is 9.59 Å². The fourth-order valence-corrected chi connectivity index (χ4v) is 5.18. The van der Waals surface area contributed by atoms with Crippen molar-refractivity contribution >= 4 is 45.7 Å². The second-order valence-electron chi connectivity index (χ2n) is 9.20.